The molecule has 126 valence electrons. The topological polar surface area (TPSA) is 92.7 Å². The fraction of sp³-hybridized carbons (Fsp3) is 0.533. The van der Waals surface area contributed by atoms with Crippen molar-refractivity contribution < 1.29 is 23.1 Å². The summed E-state index contributed by atoms with van der Waals surface area (Å²) in [5.41, 5.74) is 0.940. The van der Waals surface area contributed by atoms with Gasteiger partial charge in [0, 0.05) is 6.61 Å². The van der Waals surface area contributed by atoms with E-state index < -0.39 is 16.1 Å². The lowest BCUT2D eigenvalue weighted by Gasteiger charge is -2.06. The minimum absolute atomic E-state index is 0.0335. The van der Waals surface area contributed by atoms with Gasteiger partial charge in [0.1, 0.15) is 0 Å². The van der Waals surface area contributed by atoms with Gasteiger partial charge < -0.3 is 9.84 Å². The number of nitrogens with one attached hydrogen (secondary N) is 1. The number of carbonyl (C=O) groups excluding carboxylic acids is 1. The molecule has 1 rings (SSSR count). The molecule has 22 heavy (non-hydrogen) atoms. The number of benzene rings is 1. The van der Waals surface area contributed by atoms with Crippen molar-refractivity contribution in [2.75, 3.05) is 13.2 Å². The van der Waals surface area contributed by atoms with Crippen LogP contribution < -0.4 is 4.72 Å². The van der Waals surface area contributed by atoms with E-state index in [-0.39, 0.29) is 11.5 Å². The summed E-state index contributed by atoms with van der Waals surface area (Å²) in [5, 5.41) is 8.20. The summed E-state index contributed by atoms with van der Waals surface area (Å²) in [5.74, 6) is 0. The monoisotopic (exact) mass is 331 g/mol. The fourth-order valence-corrected chi connectivity index (χ4v) is 2.30. The van der Waals surface area contributed by atoms with Crippen LogP contribution in [-0.4, -0.2) is 32.8 Å². The Labute approximate surface area is 132 Å². The molecule has 1 amide bonds. The largest absolute Gasteiger partial charge is 0.449 e. The van der Waals surface area contributed by atoms with Crippen LogP contribution in [0, 0.1) is 6.92 Å². The fourth-order valence-electron chi connectivity index (χ4n) is 1.41. The van der Waals surface area contributed by atoms with Crippen molar-refractivity contribution in [2.24, 2.45) is 0 Å². The van der Waals surface area contributed by atoms with E-state index in [1.807, 2.05) is 6.92 Å². The second kappa shape index (κ2) is 11.0. The predicted molar refractivity (Wildman–Crippen MR) is 85.1 cm³/mol. The number of carbonyl (C=O) groups is 1. The summed E-state index contributed by atoms with van der Waals surface area (Å²) in [7, 11) is -3.82. The molecule has 0 heterocycles. The zero-order chi connectivity index (χ0) is 17.0. The molecule has 0 atom stereocenters. The molecule has 0 saturated heterocycles. The highest BCUT2D eigenvalue weighted by Gasteiger charge is 2.17. The molecule has 0 radical (unpaired) electrons. The highest BCUT2D eigenvalue weighted by Crippen LogP contribution is 2.09. The van der Waals surface area contributed by atoms with Gasteiger partial charge in [-0.25, -0.2) is 17.9 Å². The summed E-state index contributed by atoms with van der Waals surface area (Å²) in [6.07, 6.45) is 2.36. The van der Waals surface area contributed by atoms with Crippen molar-refractivity contribution in [3.8, 4) is 0 Å². The lowest BCUT2D eigenvalue weighted by molar-refractivity contribution is 0.158. The molecule has 0 bridgehead atoms. The second-order valence-corrected chi connectivity index (χ2v) is 6.25. The van der Waals surface area contributed by atoms with Gasteiger partial charge in [-0.1, -0.05) is 37.5 Å². The van der Waals surface area contributed by atoms with Crippen LogP contribution in [0.4, 0.5) is 4.79 Å². The average molecular weight is 331 g/mol. The van der Waals surface area contributed by atoms with Crippen LogP contribution in [0.3, 0.4) is 0 Å². The lowest BCUT2D eigenvalue weighted by Crippen LogP contribution is -2.31. The van der Waals surface area contributed by atoms with Gasteiger partial charge >= 0.3 is 6.09 Å². The van der Waals surface area contributed by atoms with Gasteiger partial charge in [-0.2, -0.15) is 0 Å². The number of aliphatic hydroxyl groups excluding tert-OH is 1. The number of amides is 1. The van der Waals surface area contributed by atoms with E-state index in [4.69, 9.17) is 5.11 Å². The van der Waals surface area contributed by atoms with Gasteiger partial charge in [0.25, 0.3) is 10.0 Å². The van der Waals surface area contributed by atoms with Crippen molar-refractivity contribution >= 4 is 16.1 Å². The molecule has 0 unspecified atom stereocenters. The molecule has 0 fully saturated rings. The number of aliphatic hydroxyl groups is 1. The lowest BCUT2D eigenvalue weighted by atomic mass is 10.2. The molecule has 2 N–H and O–H groups in total. The van der Waals surface area contributed by atoms with Crippen LogP contribution in [0.25, 0.3) is 0 Å². The van der Waals surface area contributed by atoms with E-state index in [1.54, 1.807) is 23.8 Å². The molecule has 0 aromatic heterocycles. The van der Waals surface area contributed by atoms with Crippen LogP contribution in [0.2, 0.25) is 0 Å². The van der Waals surface area contributed by atoms with Crippen molar-refractivity contribution in [1.29, 1.82) is 0 Å². The van der Waals surface area contributed by atoms with Crippen LogP contribution in [0.15, 0.2) is 29.2 Å². The summed E-state index contributed by atoms with van der Waals surface area (Å²) in [6, 6.07) is 6.16. The molecular weight excluding hydrogens is 306 g/mol. The molecule has 6 nitrogen and oxygen atoms in total. The molecule has 0 aliphatic carbocycles. The molecule has 0 aliphatic rings. The zero-order valence-corrected chi connectivity index (χ0v) is 14.1. The smallest absolute Gasteiger partial charge is 0.421 e. The van der Waals surface area contributed by atoms with Gasteiger partial charge in [-0.3, -0.25) is 0 Å². The first-order valence-electron chi connectivity index (χ1n) is 7.24. The van der Waals surface area contributed by atoms with Crippen LogP contribution in [0.5, 0.6) is 0 Å². The Morgan fingerprint density at radius 2 is 1.77 bits per heavy atom. The quantitative estimate of drug-likeness (QED) is 0.782. The third-order valence-electron chi connectivity index (χ3n) is 2.59. The Morgan fingerprint density at radius 1 is 1.18 bits per heavy atom. The van der Waals surface area contributed by atoms with Crippen LogP contribution >= 0.6 is 0 Å². The first-order chi connectivity index (χ1) is 10.4. The Balaban J connectivity index is 0.000000626. The van der Waals surface area contributed by atoms with Gasteiger partial charge in [0.2, 0.25) is 0 Å². The molecular formula is C15H25NO5S. The third-order valence-corrected chi connectivity index (χ3v) is 3.91. The molecule has 0 spiro atoms. The molecule has 0 aliphatic heterocycles. The van der Waals surface area contributed by atoms with E-state index >= 15 is 0 Å². The van der Waals surface area contributed by atoms with Crippen molar-refractivity contribution in [3.05, 3.63) is 29.8 Å². The van der Waals surface area contributed by atoms with Gasteiger partial charge in [0.15, 0.2) is 0 Å². The normalized spacial score (nSPS) is 10.4. The first kappa shape index (κ1) is 20.4. The SMILES string of the molecule is CCCCCO.CCOC(=O)NS(=O)(=O)c1ccc(C)cc1. The Bertz CT molecular complexity index is 521. The predicted octanol–water partition coefficient (Wildman–Crippen LogP) is 2.60. The third kappa shape index (κ3) is 8.63. The Morgan fingerprint density at radius 3 is 2.18 bits per heavy atom. The molecule has 1 aromatic rings. The number of hydrogen-bond acceptors (Lipinski definition) is 5. The highest BCUT2D eigenvalue weighted by molar-refractivity contribution is 7.90. The maximum absolute atomic E-state index is 11.6. The Hall–Kier alpha value is -1.60. The summed E-state index contributed by atoms with van der Waals surface area (Å²) >= 11 is 0. The highest BCUT2D eigenvalue weighted by atomic mass is 32.2. The standard InChI is InChI=1S/C10H13NO4S.C5H12O/c1-3-15-10(12)11-16(13,14)9-6-4-8(2)5-7-9;1-2-3-4-5-6/h4-7H,3H2,1-2H3,(H,11,12);6H,2-5H2,1H3. The zero-order valence-electron chi connectivity index (χ0n) is 13.3. The van der Waals surface area contributed by atoms with Crippen LogP contribution in [-0.2, 0) is 14.8 Å². The maximum atomic E-state index is 11.6. The van der Waals surface area contributed by atoms with E-state index in [0.29, 0.717) is 6.61 Å². The van der Waals surface area contributed by atoms with Crippen molar-refractivity contribution in [2.45, 2.75) is 44.9 Å². The number of sulfonamides is 1. The molecule has 0 saturated carbocycles. The van der Waals surface area contributed by atoms with Gasteiger partial charge in [0.05, 0.1) is 11.5 Å². The van der Waals surface area contributed by atoms with Crippen LogP contribution in [0.1, 0.15) is 38.7 Å². The number of unbranched alkanes of at least 4 members (excludes halogenated alkanes) is 2. The second-order valence-electron chi connectivity index (χ2n) is 4.57. The molecule has 1 aromatic carbocycles. The average Bonchev–Trinajstić information content (AvgIpc) is 2.46. The summed E-state index contributed by atoms with van der Waals surface area (Å²) < 4.78 is 29.5. The first-order valence-corrected chi connectivity index (χ1v) is 8.72. The number of aryl methyl sites for hydroxylation is 1. The van der Waals surface area contributed by atoms with E-state index in [1.165, 1.54) is 18.6 Å². The number of hydrogen-bond donors (Lipinski definition) is 2. The van der Waals surface area contributed by atoms with E-state index in [9.17, 15) is 13.2 Å². The maximum Gasteiger partial charge on any atom is 0.421 e. The van der Waals surface area contributed by atoms with Crippen molar-refractivity contribution in [1.82, 2.24) is 4.72 Å². The minimum Gasteiger partial charge on any atom is -0.449 e. The Kier molecular flexibility index (Phi) is 10.2. The van der Waals surface area contributed by atoms with E-state index in [0.717, 1.165) is 18.4 Å². The summed E-state index contributed by atoms with van der Waals surface area (Å²) in [4.78, 5) is 11.0. The van der Waals surface area contributed by atoms with Gasteiger partial charge in [-0.05, 0) is 32.4 Å². The van der Waals surface area contributed by atoms with Crippen molar-refractivity contribution in [3.63, 3.8) is 0 Å². The minimum atomic E-state index is -3.82. The molecule has 7 heteroatoms. The number of ether oxygens (including phenoxy) is 1. The summed E-state index contributed by atoms with van der Waals surface area (Å²) in [6.45, 7) is 6.03. The van der Waals surface area contributed by atoms with Gasteiger partial charge in [-0.15, -0.1) is 0 Å². The van der Waals surface area contributed by atoms with E-state index in [2.05, 4.69) is 11.7 Å². The number of rotatable bonds is 6.